The van der Waals surface area contributed by atoms with Crippen LogP contribution in [0.5, 0.6) is 0 Å². The first-order chi connectivity index (χ1) is 20.1. The van der Waals surface area contributed by atoms with E-state index in [4.69, 9.17) is 18.9 Å². The van der Waals surface area contributed by atoms with E-state index in [0.29, 0.717) is 17.8 Å². The molecule has 0 aromatic heterocycles. The minimum atomic E-state index is -1.05. The van der Waals surface area contributed by atoms with Crippen molar-refractivity contribution in [1.29, 1.82) is 0 Å². The fourth-order valence-electron chi connectivity index (χ4n) is 5.84. The Morgan fingerprint density at radius 1 is 0.953 bits per heavy atom. The van der Waals surface area contributed by atoms with Crippen molar-refractivity contribution in [3.8, 4) is 0 Å². The van der Waals surface area contributed by atoms with Gasteiger partial charge in [-0.15, -0.1) is 0 Å². The van der Waals surface area contributed by atoms with Crippen LogP contribution in [0.3, 0.4) is 0 Å². The SMILES string of the molecule is CO/C1=C/C(C)=C/C(C)C(=O)C(C)C/C(C)=C/C=C\C(OC)C(C(C)C(O)C(C)C2=CC(=O)C(C)C(C(C)C)O2)OC1=O. The molecule has 8 nitrogen and oxygen atoms in total. The molecular formula is C35H52O8. The van der Waals surface area contributed by atoms with Gasteiger partial charge < -0.3 is 24.1 Å². The van der Waals surface area contributed by atoms with Crippen molar-refractivity contribution in [2.24, 2.45) is 35.5 Å². The molecule has 2 heterocycles. The Kier molecular flexibility index (Phi) is 13.6. The van der Waals surface area contributed by atoms with Crippen molar-refractivity contribution < 1.29 is 38.4 Å². The third-order valence-electron chi connectivity index (χ3n) is 8.55. The molecule has 0 spiro atoms. The number of aliphatic hydroxyl groups excluding tert-OH is 1. The van der Waals surface area contributed by atoms with Gasteiger partial charge in [0.15, 0.2) is 5.78 Å². The predicted molar refractivity (Wildman–Crippen MR) is 167 cm³/mol. The van der Waals surface area contributed by atoms with Crippen LogP contribution in [-0.4, -0.2) is 61.3 Å². The molecule has 9 unspecified atom stereocenters. The van der Waals surface area contributed by atoms with Crippen LogP contribution in [0.4, 0.5) is 0 Å². The van der Waals surface area contributed by atoms with Gasteiger partial charge >= 0.3 is 5.97 Å². The first kappa shape index (κ1) is 36.2. The van der Waals surface area contributed by atoms with E-state index < -0.39 is 36.1 Å². The number of hydrogen-bond acceptors (Lipinski definition) is 8. The maximum atomic E-state index is 13.4. The molecule has 0 aromatic carbocycles. The van der Waals surface area contributed by atoms with Gasteiger partial charge in [-0.3, -0.25) is 9.59 Å². The summed E-state index contributed by atoms with van der Waals surface area (Å²) in [7, 11) is 2.89. The van der Waals surface area contributed by atoms with Crippen LogP contribution in [0.15, 0.2) is 59.1 Å². The molecule has 2 aliphatic rings. The number of esters is 1. The van der Waals surface area contributed by atoms with E-state index in [2.05, 4.69) is 0 Å². The van der Waals surface area contributed by atoms with Gasteiger partial charge in [0.2, 0.25) is 5.76 Å². The summed E-state index contributed by atoms with van der Waals surface area (Å²) >= 11 is 0. The van der Waals surface area contributed by atoms with Gasteiger partial charge in [0.05, 0.1) is 19.1 Å². The molecule has 2 aliphatic heterocycles. The fraction of sp³-hybridized carbons (Fsp3) is 0.629. The number of methoxy groups -OCH3 is 2. The lowest BCUT2D eigenvalue weighted by Gasteiger charge is -2.38. The van der Waals surface area contributed by atoms with E-state index in [1.807, 2.05) is 59.8 Å². The van der Waals surface area contributed by atoms with Gasteiger partial charge in [-0.2, -0.15) is 0 Å². The third-order valence-corrected chi connectivity index (χ3v) is 8.55. The van der Waals surface area contributed by atoms with Crippen LogP contribution in [0.2, 0.25) is 0 Å². The van der Waals surface area contributed by atoms with E-state index in [0.717, 1.165) is 5.57 Å². The summed E-state index contributed by atoms with van der Waals surface area (Å²) in [5.74, 6) is -2.18. The second-order valence-electron chi connectivity index (χ2n) is 12.6. The summed E-state index contributed by atoms with van der Waals surface area (Å²) in [4.78, 5) is 39.2. The lowest BCUT2D eigenvalue weighted by Crippen LogP contribution is -2.45. The average Bonchev–Trinajstić information content (AvgIpc) is 2.95. The number of hydrogen-bond donors (Lipinski definition) is 1. The maximum absolute atomic E-state index is 13.4. The molecule has 0 amide bonds. The summed E-state index contributed by atoms with van der Waals surface area (Å²) in [5, 5.41) is 11.6. The van der Waals surface area contributed by atoms with E-state index in [9.17, 15) is 19.5 Å². The standard InChI is InChI=1S/C35H52O8/c1-19(2)33-24(7)27(36)18-29(42-33)25(8)32(38)26(9)34-28(40-10)14-12-13-20(3)15-22(5)31(37)23(6)16-21(4)17-30(41-11)35(39)43-34/h12-14,16-19,22-26,28,32-34,38H,15H2,1-11H3/b14-12-,20-13+,21-16+,30-17+. The van der Waals surface area contributed by atoms with Gasteiger partial charge in [-0.1, -0.05) is 83.9 Å². The number of aliphatic hydroxyl groups is 1. The molecule has 0 aromatic rings. The highest BCUT2D eigenvalue weighted by Gasteiger charge is 2.40. The van der Waals surface area contributed by atoms with Gasteiger partial charge in [-0.25, -0.2) is 4.79 Å². The predicted octanol–water partition coefficient (Wildman–Crippen LogP) is 5.91. The van der Waals surface area contributed by atoms with Crippen LogP contribution >= 0.6 is 0 Å². The van der Waals surface area contributed by atoms with Crippen LogP contribution in [0.1, 0.15) is 68.7 Å². The second kappa shape index (κ2) is 16.2. The Balaban J connectivity index is 2.52. The highest BCUT2D eigenvalue weighted by Crippen LogP contribution is 2.34. The number of rotatable bonds is 7. The van der Waals surface area contributed by atoms with Crippen LogP contribution in [-0.2, 0) is 33.3 Å². The Morgan fingerprint density at radius 2 is 1.60 bits per heavy atom. The molecule has 9 atom stereocenters. The lowest BCUT2D eigenvalue weighted by atomic mass is 9.83. The summed E-state index contributed by atoms with van der Waals surface area (Å²) in [6.45, 7) is 17.0. The number of ketones is 2. The zero-order valence-electron chi connectivity index (χ0n) is 27.7. The van der Waals surface area contributed by atoms with E-state index in [-0.39, 0.29) is 47.1 Å². The molecule has 0 saturated heterocycles. The number of cyclic esters (lactones) is 1. The Bertz CT molecular complexity index is 1160. The lowest BCUT2D eigenvalue weighted by molar-refractivity contribution is -0.162. The Morgan fingerprint density at radius 3 is 2.19 bits per heavy atom. The first-order valence-electron chi connectivity index (χ1n) is 15.3. The van der Waals surface area contributed by atoms with E-state index in [1.54, 1.807) is 32.9 Å². The maximum Gasteiger partial charge on any atom is 0.373 e. The summed E-state index contributed by atoms with van der Waals surface area (Å²) in [6.07, 6.45) is 7.95. The van der Waals surface area contributed by atoms with Gasteiger partial charge in [-0.05, 0) is 32.3 Å². The van der Waals surface area contributed by atoms with Crippen molar-refractivity contribution in [1.82, 2.24) is 0 Å². The number of ether oxygens (including phenoxy) is 4. The third kappa shape index (κ3) is 9.51. The topological polar surface area (TPSA) is 108 Å². The minimum Gasteiger partial charge on any atom is -0.493 e. The second-order valence-corrected chi connectivity index (χ2v) is 12.6. The molecule has 0 bridgehead atoms. The molecule has 0 radical (unpaired) electrons. The van der Waals surface area contributed by atoms with E-state index in [1.165, 1.54) is 20.3 Å². The van der Waals surface area contributed by atoms with Crippen molar-refractivity contribution in [2.45, 2.75) is 93.2 Å². The fourth-order valence-corrected chi connectivity index (χ4v) is 5.84. The molecule has 43 heavy (non-hydrogen) atoms. The molecule has 2 rings (SSSR count). The van der Waals surface area contributed by atoms with Crippen molar-refractivity contribution in [3.05, 3.63) is 59.1 Å². The zero-order valence-corrected chi connectivity index (χ0v) is 27.7. The van der Waals surface area contributed by atoms with Crippen LogP contribution < -0.4 is 0 Å². The monoisotopic (exact) mass is 600 g/mol. The van der Waals surface area contributed by atoms with Crippen LogP contribution in [0.25, 0.3) is 0 Å². The number of carbonyl (C=O) groups excluding carboxylic acids is 3. The smallest absolute Gasteiger partial charge is 0.373 e. The molecule has 0 saturated carbocycles. The Hall–Kier alpha value is -2.97. The number of Topliss-reactive ketones (excluding diaryl/α,β-unsaturated/α-hetero) is 1. The normalized spacial score (nSPS) is 34.7. The van der Waals surface area contributed by atoms with Gasteiger partial charge in [0.25, 0.3) is 0 Å². The Labute approximate surface area is 257 Å². The molecule has 1 N–H and O–H groups in total. The summed E-state index contributed by atoms with van der Waals surface area (Å²) in [5.41, 5.74) is 1.70. The van der Waals surface area contributed by atoms with Crippen LogP contribution in [0, 0.1) is 35.5 Å². The number of carbonyl (C=O) groups is 3. The largest absolute Gasteiger partial charge is 0.493 e. The highest BCUT2D eigenvalue weighted by molar-refractivity contribution is 5.93. The average molecular weight is 601 g/mol. The van der Waals surface area contributed by atoms with Gasteiger partial charge in [0.1, 0.15) is 29.9 Å². The highest BCUT2D eigenvalue weighted by atomic mass is 16.6. The molecular weight excluding hydrogens is 548 g/mol. The summed E-state index contributed by atoms with van der Waals surface area (Å²) < 4.78 is 23.4. The minimum absolute atomic E-state index is 0.0358. The molecule has 0 aliphatic carbocycles. The van der Waals surface area contributed by atoms with E-state index >= 15 is 0 Å². The zero-order chi connectivity index (χ0) is 32.6. The number of allylic oxidation sites excluding steroid dienone is 7. The quantitative estimate of drug-likeness (QED) is 0.359. The van der Waals surface area contributed by atoms with Crippen molar-refractivity contribution in [3.63, 3.8) is 0 Å². The van der Waals surface area contributed by atoms with Gasteiger partial charge in [0, 0.05) is 36.9 Å². The van der Waals surface area contributed by atoms with Crippen molar-refractivity contribution >= 4 is 17.5 Å². The summed E-state index contributed by atoms with van der Waals surface area (Å²) in [6, 6.07) is 0. The molecule has 8 heteroatoms. The first-order valence-corrected chi connectivity index (χ1v) is 15.3. The van der Waals surface area contributed by atoms with Crippen molar-refractivity contribution in [2.75, 3.05) is 14.2 Å². The molecule has 240 valence electrons. The molecule has 0 fully saturated rings.